The number of nitrogens with zero attached hydrogens (tertiary/aromatic N) is 3. The molecule has 0 radical (unpaired) electrons. The Bertz CT molecular complexity index is 449. The van der Waals surface area contributed by atoms with Crippen LogP contribution in [-0.4, -0.2) is 48.3 Å². The maximum absolute atomic E-state index is 12.1. The molecule has 0 spiro atoms. The topological polar surface area (TPSA) is 70.2 Å². The molecule has 6 heteroatoms. The lowest BCUT2D eigenvalue weighted by Gasteiger charge is -2.23. The SMILES string of the molecule is O=C(NC1CCNCC1)c1ccc(N2CCCC2)nn1. The van der Waals surface area contributed by atoms with Crippen LogP contribution in [0.5, 0.6) is 0 Å². The smallest absolute Gasteiger partial charge is 0.272 e. The second-order valence-electron chi connectivity index (χ2n) is 5.47. The number of carbonyl (C=O) groups is 1. The van der Waals surface area contributed by atoms with E-state index in [4.69, 9.17) is 0 Å². The minimum atomic E-state index is -0.114. The third kappa shape index (κ3) is 3.07. The number of carbonyl (C=O) groups excluding carboxylic acids is 1. The largest absolute Gasteiger partial charge is 0.355 e. The average molecular weight is 275 g/mol. The summed E-state index contributed by atoms with van der Waals surface area (Å²) in [6.45, 7) is 4.00. The highest BCUT2D eigenvalue weighted by Gasteiger charge is 2.18. The van der Waals surface area contributed by atoms with Crippen molar-refractivity contribution in [3.63, 3.8) is 0 Å². The molecule has 2 aliphatic rings. The maximum atomic E-state index is 12.1. The summed E-state index contributed by atoms with van der Waals surface area (Å²) in [4.78, 5) is 14.3. The lowest BCUT2D eigenvalue weighted by atomic mass is 10.1. The highest BCUT2D eigenvalue weighted by Crippen LogP contribution is 2.16. The van der Waals surface area contributed by atoms with Gasteiger partial charge in [-0.3, -0.25) is 4.79 Å². The predicted octanol–water partition coefficient (Wildman–Crippen LogP) is 0.559. The number of aromatic nitrogens is 2. The van der Waals surface area contributed by atoms with E-state index in [-0.39, 0.29) is 11.9 Å². The molecule has 20 heavy (non-hydrogen) atoms. The molecule has 2 fully saturated rings. The highest BCUT2D eigenvalue weighted by molar-refractivity contribution is 5.92. The molecule has 0 unspecified atom stereocenters. The summed E-state index contributed by atoms with van der Waals surface area (Å²) in [7, 11) is 0. The zero-order valence-corrected chi connectivity index (χ0v) is 11.6. The van der Waals surface area contributed by atoms with Crippen molar-refractivity contribution >= 4 is 11.7 Å². The van der Waals surface area contributed by atoms with Crippen molar-refractivity contribution in [1.29, 1.82) is 0 Å². The van der Waals surface area contributed by atoms with Gasteiger partial charge in [0.1, 0.15) is 0 Å². The van der Waals surface area contributed by atoms with E-state index >= 15 is 0 Å². The Labute approximate surface area is 118 Å². The van der Waals surface area contributed by atoms with Crippen molar-refractivity contribution < 1.29 is 4.79 Å². The van der Waals surface area contributed by atoms with Crippen LogP contribution in [0.2, 0.25) is 0 Å². The van der Waals surface area contributed by atoms with Gasteiger partial charge in [0.25, 0.3) is 5.91 Å². The molecule has 2 N–H and O–H groups in total. The Morgan fingerprint density at radius 1 is 1.20 bits per heavy atom. The van der Waals surface area contributed by atoms with Crippen molar-refractivity contribution in [2.75, 3.05) is 31.1 Å². The summed E-state index contributed by atoms with van der Waals surface area (Å²) < 4.78 is 0. The van der Waals surface area contributed by atoms with Crippen molar-refractivity contribution in [3.8, 4) is 0 Å². The Balaban J connectivity index is 1.59. The van der Waals surface area contributed by atoms with Crippen LogP contribution in [-0.2, 0) is 0 Å². The fourth-order valence-electron chi connectivity index (χ4n) is 2.79. The molecule has 2 aliphatic heterocycles. The van der Waals surface area contributed by atoms with Gasteiger partial charge in [-0.1, -0.05) is 0 Å². The van der Waals surface area contributed by atoms with Gasteiger partial charge in [-0.25, -0.2) is 0 Å². The molecule has 1 aromatic rings. The number of hydrogen-bond donors (Lipinski definition) is 2. The van der Waals surface area contributed by atoms with Crippen LogP contribution >= 0.6 is 0 Å². The molecule has 0 saturated carbocycles. The van der Waals surface area contributed by atoms with Crippen molar-refractivity contribution in [2.24, 2.45) is 0 Å². The zero-order valence-electron chi connectivity index (χ0n) is 11.6. The second kappa shape index (κ2) is 6.17. The first-order chi connectivity index (χ1) is 9.83. The molecular weight excluding hydrogens is 254 g/mol. The summed E-state index contributed by atoms with van der Waals surface area (Å²) in [6, 6.07) is 3.93. The molecule has 2 saturated heterocycles. The van der Waals surface area contributed by atoms with Crippen molar-refractivity contribution in [1.82, 2.24) is 20.8 Å². The van der Waals surface area contributed by atoms with E-state index in [0.717, 1.165) is 44.8 Å². The van der Waals surface area contributed by atoms with Gasteiger partial charge in [-0.05, 0) is 50.9 Å². The van der Waals surface area contributed by atoms with Gasteiger partial charge in [0.05, 0.1) is 0 Å². The summed E-state index contributed by atoms with van der Waals surface area (Å²) in [5, 5.41) is 14.6. The van der Waals surface area contributed by atoms with E-state index in [1.165, 1.54) is 12.8 Å². The third-order valence-electron chi connectivity index (χ3n) is 3.99. The van der Waals surface area contributed by atoms with Crippen LogP contribution in [0, 0.1) is 0 Å². The van der Waals surface area contributed by atoms with E-state index in [1.807, 2.05) is 6.07 Å². The number of nitrogens with one attached hydrogen (secondary N) is 2. The maximum Gasteiger partial charge on any atom is 0.272 e. The van der Waals surface area contributed by atoms with Crippen LogP contribution in [0.1, 0.15) is 36.2 Å². The lowest BCUT2D eigenvalue weighted by Crippen LogP contribution is -2.43. The molecule has 3 rings (SSSR count). The summed E-state index contributed by atoms with van der Waals surface area (Å²) in [6.07, 6.45) is 4.37. The van der Waals surface area contributed by atoms with Crippen LogP contribution in [0.25, 0.3) is 0 Å². The minimum Gasteiger partial charge on any atom is -0.355 e. The fraction of sp³-hybridized carbons (Fsp3) is 0.643. The van der Waals surface area contributed by atoms with E-state index in [1.54, 1.807) is 6.07 Å². The van der Waals surface area contributed by atoms with Gasteiger partial charge in [-0.15, -0.1) is 10.2 Å². The van der Waals surface area contributed by atoms with E-state index in [2.05, 4.69) is 25.7 Å². The van der Waals surface area contributed by atoms with E-state index in [0.29, 0.717) is 5.69 Å². The number of amides is 1. The first kappa shape index (κ1) is 13.3. The molecular formula is C14H21N5O. The van der Waals surface area contributed by atoms with E-state index in [9.17, 15) is 4.79 Å². The minimum absolute atomic E-state index is 0.114. The summed E-state index contributed by atoms with van der Waals surface area (Å²) in [5.74, 6) is 0.762. The number of anilines is 1. The predicted molar refractivity (Wildman–Crippen MR) is 76.8 cm³/mol. The summed E-state index contributed by atoms with van der Waals surface area (Å²) in [5.41, 5.74) is 0.409. The van der Waals surface area contributed by atoms with Gasteiger partial charge in [0, 0.05) is 19.1 Å². The highest BCUT2D eigenvalue weighted by atomic mass is 16.2. The Morgan fingerprint density at radius 3 is 2.60 bits per heavy atom. The third-order valence-corrected chi connectivity index (χ3v) is 3.99. The van der Waals surface area contributed by atoms with Crippen LogP contribution in [0.3, 0.4) is 0 Å². The summed E-state index contributed by atoms with van der Waals surface area (Å²) >= 11 is 0. The Hall–Kier alpha value is -1.69. The van der Waals surface area contributed by atoms with Gasteiger partial charge in [-0.2, -0.15) is 0 Å². The molecule has 0 aliphatic carbocycles. The molecule has 1 amide bonds. The zero-order chi connectivity index (χ0) is 13.8. The number of piperidine rings is 1. The van der Waals surface area contributed by atoms with Crippen LogP contribution in [0.4, 0.5) is 5.82 Å². The van der Waals surface area contributed by atoms with Gasteiger partial charge >= 0.3 is 0 Å². The molecule has 0 bridgehead atoms. The lowest BCUT2D eigenvalue weighted by molar-refractivity contribution is 0.0923. The first-order valence-corrected chi connectivity index (χ1v) is 7.43. The van der Waals surface area contributed by atoms with Gasteiger partial charge in [0.15, 0.2) is 11.5 Å². The normalized spacial score (nSPS) is 20.1. The van der Waals surface area contributed by atoms with Gasteiger partial charge < -0.3 is 15.5 Å². The Morgan fingerprint density at radius 2 is 1.95 bits per heavy atom. The van der Waals surface area contributed by atoms with Crippen molar-refractivity contribution in [3.05, 3.63) is 17.8 Å². The second-order valence-corrected chi connectivity index (χ2v) is 5.47. The average Bonchev–Trinajstić information content (AvgIpc) is 3.03. The standard InChI is InChI=1S/C14H21N5O/c20-14(16-11-5-7-15-8-6-11)12-3-4-13(18-17-12)19-9-1-2-10-19/h3-4,11,15H,1-2,5-10H2,(H,16,20). The number of rotatable bonds is 3. The Kier molecular flexibility index (Phi) is 4.11. The molecule has 0 atom stereocenters. The molecule has 108 valence electrons. The monoisotopic (exact) mass is 275 g/mol. The van der Waals surface area contributed by atoms with E-state index < -0.39 is 0 Å². The van der Waals surface area contributed by atoms with Crippen LogP contribution in [0.15, 0.2) is 12.1 Å². The molecule has 0 aromatic carbocycles. The molecule has 3 heterocycles. The molecule has 6 nitrogen and oxygen atoms in total. The number of hydrogen-bond acceptors (Lipinski definition) is 5. The van der Waals surface area contributed by atoms with Crippen molar-refractivity contribution in [2.45, 2.75) is 31.7 Å². The van der Waals surface area contributed by atoms with Gasteiger partial charge in [0.2, 0.25) is 0 Å². The first-order valence-electron chi connectivity index (χ1n) is 7.43. The fourth-order valence-corrected chi connectivity index (χ4v) is 2.79. The quantitative estimate of drug-likeness (QED) is 0.843. The van der Waals surface area contributed by atoms with Crippen LogP contribution < -0.4 is 15.5 Å². The molecule has 1 aromatic heterocycles.